The van der Waals surface area contributed by atoms with Crippen LogP contribution >= 0.6 is 0 Å². The number of benzene rings is 8. The first kappa shape index (κ1) is 26.8. The molecule has 2 nitrogen and oxygen atoms in total. The molecule has 0 aliphatic carbocycles. The molecule has 0 N–H and O–H groups in total. The third-order valence-corrected chi connectivity index (χ3v) is 9.87. The average Bonchev–Trinajstić information content (AvgIpc) is 3.69. The minimum Gasteiger partial charge on any atom is -0.307 e. The fourth-order valence-corrected chi connectivity index (χ4v) is 7.89. The van der Waals surface area contributed by atoms with Crippen LogP contribution in [-0.4, -0.2) is 9.13 Å². The maximum absolute atomic E-state index is 2.53. The van der Waals surface area contributed by atoms with Gasteiger partial charge in [0.2, 0.25) is 0 Å². The summed E-state index contributed by atoms with van der Waals surface area (Å²) in [4.78, 5) is 0. The van der Waals surface area contributed by atoms with Gasteiger partial charge in [0.05, 0.1) is 27.9 Å². The highest BCUT2D eigenvalue weighted by atomic mass is 15.1. The van der Waals surface area contributed by atoms with Crippen molar-refractivity contribution in [1.29, 1.82) is 0 Å². The topological polar surface area (TPSA) is 9.86 Å². The molecule has 0 fully saturated rings. The lowest BCUT2D eigenvalue weighted by atomic mass is 9.97. The molecule has 10 rings (SSSR count). The van der Waals surface area contributed by atoms with Gasteiger partial charge in [-0.3, -0.25) is 0 Å². The van der Waals surface area contributed by atoms with Crippen LogP contribution in [-0.2, 0) is 0 Å². The molecule has 0 aliphatic heterocycles. The van der Waals surface area contributed by atoms with Gasteiger partial charge in [-0.2, -0.15) is 0 Å². The molecule has 10 aromatic rings. The summed E-state index contributed by atoms with van der Waals surface area (Å²) in [5.74, 6) is 0. The van der Waals surface area contributed by atoms with Gasteiger partial charge < -0.3 is 9.13 Å². The van der Waals surface area contributed by atoms with E-state index in [9.17, 15) is 0 Å². The van der Waals surface area contributed by atoms with Crippen LogP contribution in [0.2, 0.25) is 0 Å². The Bertz CT molecular complexity index is 2810. The molecule has 224 valence electrons. The van der Waals surface area contributed by atoms with Gasteiger partial charge in [0.25, 0.3) is 0 Å². The number of hydrogen-bond acceptors (Lipinski definition) is 0. The summed E-state index contributed by atoms with van der Waals surface area (Å²) < 4.78 is 5.04. The van der Waals surface area contributed by atoms with Crippen LogP contribution in [0, 0.1) is 0 Å². The van der Waals surface area contributed by atoms with Crippen LogP contribution < -0.4 is 0 Å². The Morgan fingerprint density at radius 1 is 0.333 bits per heavy atom. The fourth-order valence-electron chi connectivity index (χ4n) is 7.89. The van der Waals surface area contributed by atoms with Gasteiger partial charge in [0.1, 0.15) is 0 Å². The maximum atomic E-state index is 2.53. The number of hydrogen-bond donors (Lipinski definition) is 0. The smallest absolute Gasteiger partial charge is 0.0789 e. The summed E-state index contributed by atoms with van der Waals surface area (Å²) in [5.41, 5.74) is 10.7. The van der Waals surface area contributed by atoms with Gasteiger partial charge in [0.15, 0.2) is 0 Å². The van der Waals surface area contributed by atoms with Gasteiger partial charge in [-0.1, -0.05) is 158 Å². The second kappa shape index (κ2) is 10.6. The lowest BCUT2D eigenvalue weighted by Crippen LogP contribution is -2.01. The van der Waals surface area contributed by atoms with E-state index < -0.39 is 0 Å². The minimum absolute atomic E-state index is 1.14. The second-order valence-electron chi connectivity index (χ2n) is 12.5. The zero-order valence-electron chi connectivity index (χ0n) is 26.2. The molecule has 0 saturated heterocycles. The van der Waals surface area contributed by atoms with E-state index in [1.807, 2.05) is 0 Å². The zero-order chi connectivity index (χ0) is 31.6. The van der Waals surface area contributed by atoms with E-state index in [0.29, 0.717) is 0 Å². The molecule has 0 atom stereocenters. The highest BCUT2D eigenvalue weighted by molar-refractivity contribution is 6.23. The van der Waals surface area contributed by atoms with Crippen molar-refractivity contribution in [3.63, 3.8) is 0 Å². The third kappa shape index (κ3) is 3.87. The monoisotopic (exact) mass is 610 g/mol. The van der Waals surface area contributed by atoms with Crippen molar-refractivity contribution in [2.45, 2.75) is 0 Å². The highest BCUT2D eigenvalue weighted by Gasteiger charge is 2.26. The summed E-state index contributed by atoms with van der Waals surface area (Å²) in [6, 6.07) is 66.2. The van der Waals surface area contributed by atoms with Crippen LogP contribution in [0.25, 0.3) is 88.0 Å². The molecule has 0 saturated carbocycles. The van der Waals surface area contributed by atoms with Crippen LogP contribution in [0.3, 0.4) is 0 Å². The average molecular weight is 611 g/mol. The number of nitrogens with zero attached hydrogens (tertiary/aromatic N) is 2. The third-order valence-electron chi connectivity index (χ3n) is 9.87. The molecule has 2 heterocycles. The van der Waals surface area contributed by atoms with Crippen molar-refractivity contribution in [1.82, 2.24) is 9.13 Å². The second-order valence-corrected chi connectivity index (χ2v) is 12.5. The van der Waals surface area contributed by atoms with E-state index in [-0.39, 0.29) is 0 Å². The summed E-state index contributed by atoms with van der Waals surface area (Å²) in [5, 5.41) is 8.72. The highest BCUT2D eigenvalue weighted by Crippen LogP contribution is 2.48. The first-order valence-corrected chi connectivity index (χ1v) is 16.5. The summed E-state index contributed by atoms with van der Waals surface area (Å²) in [6.07, 6.45) is 0. The lowest BCUT2D eigenvalue weighted by molar-refractivity contribution is 1.12. The molecule has 0 unspecified atom stereocenters. The van der Waals surface area contributed by atoms with Crippen LogP contribution in [0.5, 0.6) is 0 Å². The SMILES string of the molecule is c1ccc(-c2c(-c3ccccc3)n(-c3ccccc3)c3c2ccc2c4ccccc4n(-c4cc5ccccc5c5ccccc45)c23)cc1. The fraction of sp³-hybridized carbons (Fsp3) is 0. The first-order valence-electron chi connectivity index (χ1n) is 16.5. The molecule has 8 aromatic carbocycles. The van der Waals surface area contributed by atoms with E-state index in [1.165, 1.54) is 82.3 Å². The largest absolute Gasteiger partial charge is 0.307 e. The van der Waals surface area contributed by atoms with Gasteiger partial charge in [-0.25, -0.2) is 0 Å². The zero-order valence-corrected chi connectivity index (χ0v) is 26.2. The van der Waals surface area contributed by atoms with Crippen molar-refractivity contribution in [2.24, 2.45) is 0 Å². The minimum atomic E-state index is 1.14. The molecule has 2 aromatic heterocycles. The molecule has 2 heteroatoms. The van der Waals surface area contributed by atoms with E-state index >= 15 is 0 Å². The molecule has 0 aliphatic rings. The van der Waals surface area contributed by atoms with Crippen LogP contribution in [0.1, 0.15) is 0 Å². The van der Waals surface area contributed by atoms with Crippen molar-refractivity contribution in [3.05, 3.63) is 182 Å². The standard InChI is InChI=1S/C46H30N2/c1-4-16-31(17-5-1)43-40-29-28-39-38-26-14-15-27-41(38)48(42-30-33-20-10-11-23-35(33)36-24-12-13-25-37(36)42)45(39)46(40)47(34-21-8-3-9-22-34)44(43)32-18-6-2-7-19-32/h1-30H. The predicted molar refractivity (Wildman–Crippen MR) is 203 cm³/mol. The van der Waals surface area contributed by atoms with Gasteiger partial charge in [0, 0.05) is 32.8 Å². The summed E-state index contributed by atoms with van der Waals surface area (Å²) in [7, 11) is 0. The summed E-state index contributed by atoms with van der Waals surface area (Å²) >= 11 is 0. The number of aromatic nitrogens is 2. The Labute approximate surface area is 278 Å². The number of fused-ring (bicyclic) bond motifs is 8. The van der Waals surface area contributed by atoms with Gasteiger partial charge >= 0.3 is 0 Å². The molecular formula is C46H30N2. The Morgan fingerprint density at radius 3 is 1.62 bits per heavy atom. The molecule has 0 radical (unpaired) electrons. The van der Waals surface area contributed by atoms with Crippen LogP contribution in [0.4, 0.5) is 0 Å². The van der Waals surface area contributed by atoms with Gasteiger partial charge in [-0.15, -0.1) is 0 Å². The van der Waals surface area contributed by atoms with Crippen molar-refractivity contribution in [2.75, 3.05) is 0 Å². The number of rotatable bonds is 4. The predicted octanol–water partition coefficient (Wildman–Crippen LogP) is 12.4. The molecule has 0 bridgehead atoms. The van der Waals surface area contributed by atoms with E-state index in [1.54, 1.807) is 0 Å². The van der Waals surface area contributed by atoms with Crippen molar-refractivity contribution >= 4 is 54.3 Å². The van der Waals surface area contributed by atoms with Crippen molar-refractivity contribution in [3.8, 4) is 33.8 Å². The maximum Gasteiger partial charge on any atom is 0.0789 e. The molecule has 0 amide bonds. The normalized spacial score (nSPS) is 11.8. The molecule has 0 spiro atoms. The Balaban J connectivity index is 1.49. The Hall–Kier alpha value is -6.38. The first-order chi connectivity index (χ1) is 23.9. The van der Waals surface area contributed by atoms with E-state index in [2.05, 4.69) is 191 Å². The van der Waals surface area contributed by atoms with Gasteiger partial charge in [-0.05, 0) is 51.6 Å². The van der Waals surface area contributed by atoms with Crippen LogP contribution in [0.15, 0.2) is 182 Å². The summed E-state index contributed by atoms with van der Waals surface area (Å²) in [6.45, 7) is 0. The van der Waals surface area contributed by atoms with Crippen molar-refractivity contribution < 1.29 is 0 Å². The van der Waals surface area contributed by atoms with E-state index in [4.69, 9.17) is 0 Å². The quantitative estimate of drug-likeness (QED) is 0.175. The molecular weight excluding hydrogens is 581 g/mol. The Morgan fingerprint density at radius 2 is 0.875 bits per heavy atom. The molecule has 48 heavy (non-hydrogen) atoms. The number of para-hydroxylation sites is 2. The van der Waals surface area contributed by atoms with E-state index in [0.717, 1.165) is 5.69 Å². The lowest BCUT2D eigenvalue weighted by Gasteiger charge is -2.17. The Kier molecular flexibility index (Phi) is 5.91.